The second-order valence-corrected chi connectivity index (χ2v) is 6.82. The maximum absolute atomic E-state index is 10.5. The number of aromatic hydroxyl groups is 1. The number of fused-ring (bicyclic) bond motifs is 4. The summed E-state index contributed by atoms with van der Waals surface area (Å²) in [5, 5.41) is 23.4. The van der Waals surface area contributed by atoms with Crippen LogP contribution in [0.25, 0.3) is 32.6 Å². The van der Waals surface area contributed by atoms with Crippen molar-refractivity contribution in [2.75, 3.05) is 0 Å². The van der Waals surface area contributed by atoms with E-state index in [0.717, 1.165) is 28.4 Å². The average Bonchev–Trinajstić information content (AvgIpc) is 3.06. The van der Waals surface area contributed by atoms with Crippen LogP contribution in [0, 0.1) is 0 Å². The van der Waals surface area contributed by atoms with E-state index >= 15 is 0 Å². The molecule has 0 radical (unpaired) electrons. The normalized spacial score (nSPS) is 11.9. The van der Waals surface area contributed by atoms with Gasteiger partial charge >= 0.3 is 0 Å². The van der Waals surface area contributed by atoms with E-state index in [-0.39, 0.29) is 5.75 Å². The molecule has 0 aliphatic carbocycles. The van der Waals surface area contributed by atoms with Crippen molar-refractivity contribution in [3.63, 3.8) is 0 Å². The fourth-order valence-corrected chi connectivity index (χ4v) is 3.88. The summed E-state index contributed by atoms with van der Waals surface area (Å²) in [4.78, 5) is 0. The molecule has 0 atom stereocenters. The van der Waals surface area contributed by atoms with Crippen molar-refractivity contribution in [1.29, 1.82) is 0 Å². The van der Waals surface area contributed by atoms with Gasteiger partial charge in [0.15, 0.2) is 5.75 Å². The Bertz CT molecular complexity index is 1360. The van der Waals surface area contributed by atoms with Crippen LogP contribution in [0.2, 0.25) is 0 Å². The van der Waals surface area contributed by atoms with Crippen LogP contribution in [0.5, 0.6) is 5.75 Å². The van der Waals surface area contributed by atoms with Crippen molar-refractivity contribution in [3.8, 4) is 5.75 Å². The number of phenolic OH excluding ortho intramolecular Hbond substituents is 1. The third kappa shape index (κ3) is 2.54. The molecule has 0 saturated carbocycles. The molecule has 5 rings (SSSR count). The van der Waals surface area contributed by atoms with E-state index in [0.29, 0.717) is 5.69 Å². The van der Waals surface area contributed by atoms with Crippen LogP contribution in [0.3, 0.4) is 0 Å². The molecule has 4 nitrogen and oxygen atoms in total. The highest BCUT2D eigenvalue weighted by molar-refractivity contribution is 6.08. The van der Waals surface area contributed by atoms with Crippen LogP contribution in [0.4, 0.5) is 11.4 Å². The summed E-state index contributed by atoms with van der Waals surface area (Å²) in [7, 11) is 0. The Labute approximate surface area is 162 Å². The molecule has 1 N–H and O–H groups in total. The van der Waals surface area contributed by atoms with Gasteiger partial charge in [0.05, 0.1) is 5.69 Å². The Morgan fingerprint density at radius 3 is 2.36 bits per heavy atom. The number of rotatable bonds is 3. The van der Waals surface area contributed by atoms with Gasteiger partial charge in [-0.2, -0.15) is 5.11 Å². The molecule has 4 heteroatoms. The van der Waals surface area contributed by atoms with Gasteiger partial charge in [0.25, 0.3) is 0 Å². The summed E-state index contributed by atoms with van der Waals surface area (Å²) < 4.78 is 2.31. The molecule has 0 saturated heterocycles. The van der Waals surface area contributed by atoms with Crippen molar-refractivity contribution < 1.29 is 5.11 Å². The van der Waals surface area contributed by atoms with Crippen LogP contribution >= 0.6 is 0 Å². The van der Waals surface area contributed by atoms with Gasteiger partial charge < -0.3 is 9.67 Å². The Hall–Kier alpha value is -3.66. The summed E-state index contributed by atoms with van der Waals surface area (Å²) in [5.74, 6) is 0.158. The largest absolute Gasteiger partial charge is 0.505 e. The summed E-state index contributed by atoms with van der Waals surface area (Å²) in [5.41, 5.74) is 3.64. The number of hydrogen-bond donors (Lipinski definition) is 1. The van der Waals surface area contributed by atoms with Crippen LogP contribution in [0.1, 0.15) is 6.92 Å². The first-order valence-corrected chi connectivity index (χ1v) is 9.39. The highest BCUT2D eigenvalue weighted by Crippen LogP contribution is 2.36. The first kappa shape index (κ1) is 16.5. The lowest BCUT2D eigenvalue weighted by atomic mass is 10.1. The van der Waals surface area contributed by atoms with E-state index in [9.17, 15) is 5.11 Å². The lowest BCUT2D eigenvalue weighted by Gasteiger charge is -2.03. The van der Waals surface area contributed by atoms with Crippen molar-refractivity contribution in [2.45, 2.75) is 13.5 Å². The smallest absolute Gasteiger partial charge is 0.150 e. The molecule has 0 spiro atoms. The van der Waals surface area contributed by atoms with Crippen molar-refractivity contribution >= 4 is 44.0 Å². The molecule has 0 aliphatic rings. The van der Waals surface area contributed by atoms with Crippen LogP contribution in [0.15, 0.2) is 89.1 Å². The predicted octanol–water partition coefficient (Wildman–Crippen LogP) is 7.09. The van der Waals surface area contributed by atoms with E-state index in [1.807, 2.05) is 36.4 Å². The number of benzene rings is 4. The Morgan fingerprint density at radius 1 is 0.750 bits per heavy atom. The molecule has 4 aromatic carbocycles. The highest BCUT2D eigenvalue weighted by atomic mass is 16.3. The molecule has 28 heavy (non-hydrogen) atoms. The topological polar surface area (TPSA) is 49.9 Å². The Morgan fingerprint density at radius 2 is 1.50 bits per heavy atom. The number of para-hydroxylation sites is 1. The number of aromatic nitrogens is 1. The van der Waals surface area contributed by atoms with Gasteiger partial charge in [0.1, 0.15) is 5.69 Å². The summed E-state index contributed by atoms with van der Waals surface area (Å²) in [6.45, 7) is 3.07. The van der Waals surface area contributed by atoms with Crippen LogP contribution < -0.4 is 0 Å². The molecular formula is C24H19N3O. The van der Waals surface area contributed by atoms with Crippen LogP contribution in [-0.2, 0) is 6.54 Å². The molecule has 0 aliphatic heterocycles. The van der Waals surface area contributed by atoms with Gasteiger partial charge in [-0.05, 0) is 42.6 Å². The summed E-state index contributed by atoms with van der Waals surface area (Å²) in [6, 6.07) is 26.0. The second kappa shape index (κ2) is 6.50. The van der Waals surface area contributed by atoms with Gasteiger partial charge in [-0.3, -0.25) is 0 Å². The van der Waals surface area contributed by atoms with Crippen molar-refractivity contribution in [1.82, 2.24) is 4.57 Å². The number of phenols is 1. The van der Waals surface area contributed by atoms with Gasteiger partial charge in [-0.1, -0.05) is 48.5 Å². The van der Waals surface area contributed by atoms with E-state index in [4.69, 9.17) is 0 Å². The molecule has 0 amide bonds. The minimum absolute atomic E-state index is 0.158. The van der Waals surface area contributed by atoms with Gasteiger partial charge in [-0.25, -0.2) is 0 Å². The Balaban J connectivity index is 1.61. The van der Waals surface area contributed by atoms with Crippen LogP contribution in [-0.4, -0.2) is 9.67 Å². The average molecular weight is 365 g/mol. The summed E-state index contributed by atoms with van der Waals surface area (Å²) >= 11 is 0. The standard InChI is InChI=1S/C24H19N3O/c1-2-27-22-10-6-5-9-19(22)20-15-17(12-14-23(20)27)25-26-21-13-11-16-7-3-4-8-18(16)24(21)28/h3-15,28H,2H2,1H3. The number of hydrogen-bond acceptors (Lipinski definition) is 3. The maximum Gasteiger partial charge on any atom is 0.150 e. The molecule has 5 aromatic rings. The molecule has 0 unspecified atom stereocenters. The quantitative estimate of drug-likeness (QED) is 0.341. The lowest BCUT2D eigenvalue weighted by Crippen LogP contribution is -1.92. The van der Waals surface area contributed by atoms with E-state index in [1.165, 1.54) is 16.4 Å². The zero-order valence-corrected chi connectivity index (χ0v) is 15.5. The third-order valence-electron chi connectivity index (χ3n) is 5.22. The second-order valence-electron chi connectivity index (χ2n) is 6.82. The zero-order chi connectivity index (χ0) is 19.1. The minimum atomic E-state index is 0.158. The van der Waals surface area contributed by atoms with E-state index in [2.05, 4.69) is 58.1 Å². The number of aryl methyl sites for hydroxylation is 1. The minimum Gasteiger partial charge on any atom is -0.505 e. The van der Waals surface area contributed by atoms with E-state index in [1.54, 1.807) is 6.07 Å². The van der Waals surface area contributed by atoms with Gasteiger partial charge in [-0.15, -0.1) is 5.11 Å². The molecule has 136 valence electrons. The van der Waals surface area contributed by atoms with Gasteiger partial charge in [0, 0.05) is 33.7 Å². The lowest BCUT2D eigenvalue weighted by molar-refractivity contribution is 0.482. The molecule has 1 aromatic heterocycles. The Kier molecular flexibility index (Phi) is 3.83. The zero-order valence-electron chi connectivity index (χ0n) is 15.5. The molecule has 1 heterocycles. The monoisotopic (exact) mass is 365 g/mol. The fourth-order valence-electron chi connectivity index (χ4n) is 3.88. The number of nitrogens with zero attached hydrogens (tertiary/aromatic N) is 3. The van der Waals surface area contributed by atoms with E-state index < -0.39 is 0 Å². The third-order valence-corrected chi connectivity index (χ3v) is 5.22. The van der Waals surface area contributed by atoms with Crippen molar-refractivity contribution in [3.05, 3.63) is 78.9 Å². The predicted molar refractivity (Wildman–Crippen MR) is 115 cm³/mol. The first-order chi connectivity index (χ1) is 13.8. The summed E-state index contributed by atoms with van der Waals surface area (Å²) in [6.07, 6.45) is 0. The molecule has 0 bridgehead atoms. The first-order valence-electron chi connectivity index (χ1n) is 9.39. The maximum atomic E-state index is 10.5. The highest BCUT2D eigenvalue weighted by Gasteiger charge is 2.10. The number of azo groups is 1. The van der Waals surface area contributed by atoms with Gasteiger partial charge in [0.2, 0.25) is 0 Å². The fraction of sp³-hybridized carbons (Fsp3) is 0.0833. The molecular weight excluding hydrogens is 346 g/mol. The van der Waals surface area contributed by atoms with Crippen molar-refractivity contribution in [2.24, 2.45) is 10.2 Å². The molecule has 0 fully saturated rings. The SMILES string of the molecule is CCn1c2ccccc2c2cc(N=Nc3ccc4ccccc4c3O)ccc21.